The van der Waals surface area contributed by atoms with E-state index in [2.05, 4.69) is 31.1 Å². The van der Waals surface area contributed by atoms with Gasteiger partial charge in [0.05, 0.1) is 19.4 Å². The van der Waals surface area contributed by atoms with Gasteiger partial charge in [0.25, 0.3) is 0 Å². The fraction of sp³-hybridized carbons (Fsp3) is 0.333. The minimum atomic E-state index is -0.0525. The molecule has 0 spiro atoms. The van der Waals surface area contributed by atoms with Crippen molar-refractivity contribution in [3.63, 3.8) is 0 Å². The first-order valence-electron chi connectivity index (χ1n) is 6.88. The number of nitrogens with one attached hydrogen (secondary N) is 1. The van der Waals surface area contributed by atoms with Gasteiger partial charge in [-0.25, -0.2) is 4.98 Å². The number of anilines is 1. The van der Waals surface area contributed by atoms with Crippen molar-refractivity contribution in [2.45, 2.75) is 25.4 Å². The van der Waals surface area contributed by atoms with Crippen LogP contribution in [-0.2, 0) is 11.3 Å². The molecule has 5 nitrogen and oxygen atoms in total. The lowest BCUT2D eigenvalue weighted by Gasteiger charge is -2.19. The van der Waals surface area contributed by atoms with Crippen molar-refractivity contribution in [1.82, 2.24) is 9.88 Å². The highest BCUT2D eigenvalue weighted by atomic mass is 79.9. The van der Waals surface area contributed by atoms with Crippen LogP contribution in [-0.4, -0.2) is 28.4 Å². The topological polar surface area (TPSA) is 58.4 Å². The summed E-state index contributed by atoms with van der Waals surface area (Å²) >= 11 is 3.32. The molecule has 6 heteroatoms. The number of amides is 1. The zero-order chi connectivity index (χ0) is 14.7. The molecule has 0 bridgehead atoms. The summed E-state index contributed by atoms with van der Waals surface area (Å²) in [4.78, 5) is 18.4. The molecule has 2 aromatic heterocycles. The van der Waals surface area contributed by atoms with Gasteiger partial charge in [-0.3, -0.25) is 9.69 Å². The summed E-state index contributed by atoms with van der Waals surface area (Å²) in [6, 6.07) is 7.91. The Morgan fingerprint density at radius 1 is 1.43 bits per heavy atom. The average molecular weight is 350 g/mol. The van der Waals surface area contributed by atoms with E-state index in [4.69, 9.17) is 4.42 Å². The number of rotatable bonds is 6. The molecule has 1 aliphatic rings. The molecule has 1 N–H and O–H groups in total. The number of furan rings is 1. The van der Waals surface area contributed by atoms with E-state index in [1.54, 1.807) is 18.5 Å². The van der Waals surface area contributed by atoms with E-state index in [0.29, 0.717) is 24.9 Å². The molecular weight excluding hydrogens is 334 g/mol. The SMILES string of the molecule is O=C(CN(Cc1ccco1)C1CC1)Nc1ccc(Br)cn1. The van der Waals surface area contributed by atoms with Crippen LogP contribution in [0.4, 0.5) is 5.82 Å². The molecule has 2 aromatic rings. The maximum Gasteiger partial charge on any atom is 0.239 e. The molecule has 2 heterocycles. The van der Waals surface area contributed by atoms with Gasteiger partial charge >= 0.3 is 0 Å². The molecule has 1 amide bonds. The summed E-state index contributed by atoms with van der Waals surface area (Å²) in [5, 5.41) is 2.82. The Bertz CT molecular complexity index is 594. The second-order valence-electron chi connectivity index (χ2n) is 5.13. The van der Waals surface area contributed by atoms with Crippen molar-refractivity contribution < 1.29 is 9.21 Å². The van der Waals surface area contributed by atoms with Crippen molar-refractivity contribution >= 4 is 27.7 Å². The van der Waals surface area contributed by atoms with Crippen molar-refractivity contribution in [3.8, 4) is 0 Å². The van der Waals surface area contributed by atoms with Gasteiger partial charge in [0.2, 0.25) is 5.91 Å². The van der Waals surface area contributed by atoms with Crippen LogP contribution < -0.4 is 5.32 Å². The third kappa shape index (κ3) is 4.15. The third-order valence-corrected chi connectivity index (χ3v) is 3.81. The van der Waals surface area contributed by atoms with E-state index in [9.17, 15) is 4.79 Å². The Morgan fingerprint density at radius 3 is 2.90 bits per heavy atom. The zero-order valence-corrected chi connectivity index (χ0v) is 13.0. The molecule has 1 saturated carbocycles. The predicted octanol–water partition coefficient (Wildman–Crippen LogP) is 3.04. The highest BCUT2D eigenvalue weighted by Gasteiger charge is 2.30. The monoisotopic (exact) mass is 349 g/mol. The molecule has 21 heavy (non-hydrogen) atoms. The average Bonchev–Trinajstić information content (AvgIpc) is 3.19. The Balaban J connectivity index is 1.57. The maximum atomic E-state index is 12.1. The summed E-state index contributed by atoms with van der Waals surface area (Å²) in [7, 11) is 0. The van der Waals surface area contributed by atoms with Crippen LogP contribution in [0.5, 0.6) is 0 Å². The number of carbonyl (C=O) groups excluding carboxylic acids is 1. The molecule has 3 rings (SSSR count). The fourth-order valence-corrected chi connectivity index (χ4v) is 2.41. The molecule has 1 aliphatic carbocycles. The van der Waals surface area contributed by atoms with Crippen molar-refractivity contribution in [1.29, 1.82) is 0 Å². The molecule has 0 aliphatic heterocycles. The van der Waals surface area contributed by atoms with Crippen LogP contribution in [0.25, 0.3) is 0 Å². The van der Waals surface area contributed by atoms with E-state index in [0.717, 1.165) is 23.1 Å². The Hall–Kier alpha value is -1.66. The molecule has 0 unspecified atom stereocenters. The van der Waals surface area contributed by atoms with Crippen molar-refractivity contribution in [2.75, 3.05) is 11.9 Å². The number of nitrogens with zero attached hydrogens (tertiary/aromatic N) is 2. The second kappa shape index (κ2) is 6.41. The smallest absolute Gasteiger partial charge is 0.239 e. The Kier molecular flexibility index (Phi) is 4.36. The van der Waals surface area contributed by atoms with Gasteiger partial charge in [-0.15, -0.1) is 0 Å². The second-order valence-corrected chi connectivity index (χ2v) is 6.04. The van der Waals surface area contributed by atoms with Crippen LogP contribution in [0.2, 0.25) is 0 Å². The predicted molar refractivity (Wildman–Crippen MR) is 82.7 cm³/mol. The number of halogens is 1. The summed E-state index contributed by atoms with van der Waals surface area (Å²) in [6.07, 6.45) is 5.61. The quantitative estimate of drug-likeness (QED) is 0.870. The van der Waals surface area contributed by atoms with E-state index in [1.807, 2.05) is 18.2 Å². The fourth-order valence-electron chi connectivity index (χ4n) is 2.17. The van der Waals surface area contributed by atoms with Gasteiger partial charge in [0.15, 0.2) is 0 Å². The third-order valence-electron chi connectivity index (χ3n) is 3.34. The van der Waals surface area contributed by atoms with Crippen LogP contribution >= 0.6 is 15.9 Å². The number of carbonyl (C=O) groups is 1. The maximum absolute atomic E-state index is 12.1. The number of hydrogen-bond acceptors (Lipinski definition) is 4. The largest absolute Gasteiger partial charge is 0.468 e. The van der Waals surface area contributed by atoms with Gasteiger partial charge in [-0.1, -0.05) is 0 Å². The molecule has 0 radical (unpaired) electrons. The molecule has 1 fully saturated rings. The van der Waals surface area contributed by atoms with E-state index >= 15 is 0 Å². The van der Waals surface area contributed by atoms with Crippen LogP contribution in [0.3, 0.4) is 0 Å². The van der Waals surface area contributed by atoms with E-state index in [1.165, 1.54) is 0 Å². The first-order valence-corrected chi connectivity index (χ1v) is 7.68. The lowest BCUT2D eigenvalue weighted by Crippen LogP contribution is -2.34. The van der Waals surface area contributed by atoms with Crippen molar-refractivity contribution in [3.05, 3.63) is 47.0 Å². The van der Waals surface area contributed by atoms with E-state index < -0.39 is 0 Å². The highest BCUT2D eigenvalue weighted by Crippen LogP contribution is 2.28. The highest BCUT2D eigenvalue weighted by molar-refractivity contribution is 9.10. The molecule has 0 saturated heterocycles. The number of pyridine rings is 1. The van der Waals surface area contributed by atoms with Gasteiger partial charge in [0.1, 0.15) is 11.6 Å². The minimum absolute atomic E-state index is 0.0525. The number of aromatic nitrogens is 1. The summed E-state index contributed by atoms with van der Waals surface area (Å²) < 4.78 is 6.25. The molecule has 0 aromatic carbocycles. The zero-order valence-electron chi connectivity index (χ0n) is 11.5. The van der Waals surface area contributed by atoms with Crippen molar-refractivity contribution in [2.24, 2.45) is 0 Å². The lowest BCUT2D eigenvalue weighted by molar-refractivity contribution is -0.117. The van der Waals surface area contributed by atoms with E-state index in [-0.39, 0.29) is 5.91 Å². The van der Waals surface area contributed by atoms with Crippen LogP contribution in [0.1, 0.15) is 18.6 Å². The summed E-state index contributed by atoms with van der Waals surface area (Å²) in [6.45, 7) is 1.02. The molecular formula is C15H16BrN3O2. The Labute approximate surface area is 131 Å². The van der Waals surface area contributed by atoms with Gasteiger partial charge in [0, 0.05) is 16.7 Å². The van der Waals surface area contributed by atoms with Crippen LogP contribution in [0.15, 0.2) is 45.6 Å². The lowest BCUT2D eigenvalue weighted by atomic mass is 10.3. The molecule has 0 atom stereocenters. The first kappa shape index (κ1) is 14.3. The minimum Gasteiger partial charge on any atom is -0.468 e. The standard InChI is InChI=1S/C15H16BrN3O2/c16-11-3-6-14(17-8-11)18-15(20)10-19(12-4-5-12)9-13-2-1-7-21-13/h1-3,6-8,12H,4-5,9-10H2,(H,17,18,20). The number of hydrogen-bond donors (Lipinski definition) is 1. The van der Waals surface area contributed by atoms with Crippen LogP contribution in [0, 0.1) is 0 Å². The first-order chi connectivity index (χ1) is 10.2. The van der Waals surface area contributed by atoms with Gasteiger partial charge in [-0.2, -0.15) is 0 Å². The normalized spacial score (nSPS) is 14.4. The Morgan fingerprint density at radius 2 is 2.29 bits per heavy atom. The van der Waals surface area contributed by atoms with Gasteiger partial charge in [-0.05, 0) is 53.0 Å². The summed E-state index contributed by atoms with van der Waals surface area (Å²) in [5.74, 6) is 1.40. The molecule has 110 valence electrons. The van der Waals surface area contributed by atoms with Gasteiger partial charge < -0.3 is 9.73 Å². The summed E-state index contributed by atoms with van der Waals surface area (Å²) in [5.41, 5.74) is 0.